The van der Waals surface area contributed by atoms with Gasteiger partial charge in [-0.1, -0.05) is 24.3 Å². The van der Waals surface area contributed by atoms with Crippen LogP contribution in [0, 0.1) is 0 Å². The molecule has 0 fully saturated rings. The number of halogens is 3. The summed E-state index contributed by atoms with van der Waals surface area (Å²) in [6.45, 7) is 1.21. The Bertz CT molecular complexity index is 837. The average molecular weight is 394 g/mol. The number of anilines is 1. The number of amides is 2. The average Bonchev–Trinajstić information content (AvgIpc) is 2.64. The van der Waals surface area contributed by atoms with Gasteiger partial charge in [-0.25, -0.2) is 0 Å². The molecule has 2 aromatic carbocycles. The number of benzene rings is 2. The summed E-state index contributed by atoms with van der Waals surface area (Å²) in [7, 11) is 1.55. The molecule has 0 heterocycles. The van der Waals surface area contributed by atoms with Crippen molar-refractivity contribution in [2.24, 2.45) is 0 Å². The van der Waals surface area contributed by atoms with Crippen LogP contribution in [0.5, 0.6) is 5.75 Å². The second-order valence-electron chi connectivity index (χ2n) is 6.13. The van der Waals surface area contributed by atoms with Gasteiger partial charge >= 0.3 is 6.18 Å². The van der Waals surface area contributed by atoms with Crippen molar-refractivity contribution in [2.45, 2.75) is 19.5 Å². The fourth-order valence-electron chi connectivity index (χ4n) is 2.64. The molecule has 5 nitrogen and oxygen atoms in total. The highest BCUT2D eigenvalue weighted by Gasteiger charge is 2.33. The molecule has 0 spiro atoms. The SMILES string of the molecule is COc1cccc(CCN(CC(=O)Nc2ccccc2C(F)(F)F)C(C)=O)c1. The summed E-state index contributed by atoms with van der Waals surface area (Å²) >= 11 is 0. The van der Waals surface area contributed by atoms with Gasteiger partial charge in [0.05, 0.1) is 24.9 Å². The first-order valence-corrected chi connectivity index (χ1v) is 8.55. The van der Waals surface area contributed by atoms with E-state index in [-0.39, 0.29) is 24.7 Å². The molecule has 2 amide bonds. The Morgan fingerprint density at radius 1 is 1.11 bits per heavy atom. The van der Waals surface area contributed by atoms with Crippen LogP contribution in [0.2, 0.25) is 0 Å². The van der Waals surface area contributed by atoms with E-state index in [1.807, 2.05) is 18.2 Å². The van der Waals surface area contributed by atoms with Crippen LogP contribution in [0.4, 0.5) is 18.9 Å². The van der Waals surface area contributed by atoms with Gasteiger partial charge in [0, 0.05) is 13.5 Å². The maximum absolute atomic E-state index is 13.0. The monoisotopic (exact) mass is 394 g/mol. The second kappa shape index (κ2) is 9.25. The molecule has 0 aliphatic heterocycles. The van der Waals surface area contributed by atoms with Gasteiger partial charge in [-0.05, 0) is 36.2 Å². The third kappa shape index (κ3) is 6.00. The molecule has 0 aromatic heterocycles. The zero-order valence-electron chi connectivity index (χ0n) is 15.5. The number of para-hydroxylation sites is 1. The molecule has 0 saturated carbocycles. The summed E-state index contributed by atoms with van der Waals surface area (Å²) < 4.78 is 44.2. The van der Waals surface area contributed by atoms with Gasteiger partial charge in [0.25, 0.3) is 0 Å². The van der Waals surface area contributed by atoms with E-state index in [0.29, 0.717) is 12.2 Å². The van der Waals surface area contributed by atoms with Crippen LogP contribution in [0.1, 0.15) is 18.1 Å². The van der Waals surface area contributed by atoms with Gasteiger partial charge in [-0.15, -0.1) is 0 Å². The van der Waals surface area contributed by atoms with Crippen molar-refractivity contribution in [2.75, 3.05) is 25.5 Å². The van der Waals surface area contributed by atoms with Gasteiger partial charge in [0.1, 0.15) is 5.75 Å². The fraction of sp³-hybridized carbons (Fsp3) is 0.300. The molecule has 0 aliphatic carbocycles. The van der Waals surface area contributed by atoms with Crippen molar-refractivity contribution in [3.8, 4) is 5.75 Å². The Labute approximate surface area is 161 Å². The number of carbonyl (C=O) groups is 2. The minimum Gasteiger partial charge on any atom is -0.497 e. The second-order valence-corrected chi connectivity index (χ2v) is 6.13. The largest absolute Gasteiger partial charge is 0.497 e. The van der Waals surface area contributed by atoms with E-state index in [1.165, 1.54) is 30.0 Å². The summed E-state index contributed by atoms with van der Waals surface area (Å²) in [5, 5.41) is 2.25. The number of ether oxygens (including phenoxy) is 1. The number of nitrogens with one attached hydrogen (secondary N) is 1. The van der Waals surface area contributed by atoms with Crippen LogP contribution in [0.25, 0.3) is 0 Å². The van der Waals surface area contributed by atoms with E-state index in [1.54, 1.807) is 13.2 Å². The standard InChI is InChI=1S/C20H21F3N2O3/c1-14(26)25(11-10-15-6-5-7-16(12-15)28-2)13-19(27)24-18-9-4-3-8-17(18)20(21,22)23/h3-9,12H,10-11,13H2,1-2H3,(H,24,27). The van der Waals surface area contributed by atoms with Crippen LogP contribution >= 0.6 is 0 Å². The zero-order chi connectivity index (χ0) is 20.7. The van der Waals surface area contributed by atoms with Crippen LogP contribution in [-0.4, -0.2) is 36.9 Å². The van der Waals surface area contributed by atoms with Gasteiger partial charge in [-0.2, -0.15) is 13.2 Å². The molecular weight excluding hydrogens is 373 g/mol. The first kappa shape index (κ1) is 21.3. The molecule has 0 saturated heterocycles. The van der Waals surface area contributed by atoms with Crippen molar-refractivity contribution < 1.29 is 27.5 Å². The van der Waals surface area contributed by atoms with Crippen molar-refractivity contribution in [1.29, 1.82) is 0 Å². The van der Waals surface area contributed by atoms with Crippen molar-refractivity contribution in [1.82, 2.24) is 4.90 Å². The lowest BCUT2D eigenvalue weighted by Gasteiger charge is -2.21. The molecule has 2 aromatic rings. The number of carbonyl (C=O) groups excluding carboxylic acids is 2. The number of hydrogen-bond donors (Lipinski definition) is 1. The summed E-state index contributed by atoms with van der Waals surface area (Å²) in [6.07, 6.45) is -4.11. The summed E-state index contributed by atoms with van der Waals surface area (Å²) in [5.41, 5.74) is -0.362. The molecule has 0 bridgehead atoms. The maximum atomic E-state index is 13.0. The molecular formula is C20H21F3N2O3. The Kier molecular flexibility index (Phi) is 7.03. The lowest BCUT2D eigenvalue weighted by Crippen LogP contribution is -2.38. The van der Waals surface area contributed by atoms with E-state index in [0.717, 1.165) is 11.6 Å². The van der Waals surface area contributed by atoms with Crippen LogP contribution < -0.4 is 10.1 Å². The quantitative estimate of drug-likeness (QED) is 0.778. The summed E-state index contributed by atoms with van der Waals surface area (Å²) in [5.74, 6) is -0.368. The van der Waals surface area contributed by atoms with E-state index >= 15 is 0 Å². The van der Waals surface area contributed by atoms with Gasteiger partial charge < -0.3 is 15.0 Å². The normalized spacial score (nSPS) is 11.0. The van der Waals surface area contributed by atoms with E-state index in [4.69, 9.17) is 4.74 Å². The lowest BCUT2D eigenvalue weighted by atomic mass is 10.1. The van der Waals surface area contributed by atoms with E-state index in [9.17, 15) is 22.8 Å². The van der Waals surface area contributed by atoms with Gasteiger partial charge in [-0.3, -0.25) is 9.59 Å². The molecule has 2 rings (SSSR count). The smallest absolute Gasteiger partial charge is 0.418 e. The van der Waals surface area contributed by atoms with Crippen molar-refractivity contribution >= 4 is 17.5 Å². The predicted molar refractivity (Wildman–Crippen MR) is 99.0 cm³/mol. The number of nitrogens with zero attached hydrogens (tertiary/aromatic N) is 1. The molecule has 0 atom stereocenters. The molecule has 0 aliphatic rings. The molecule has 28 heavy (non-hydrogen) atoms. The highest BCUT2D eigenvalue weighted by atomic mass is 19.4. The van der Waals surface area contributed by atoms with Crippen molar-refractivity contribution in [3.63, 3.8) is 0 Å². The Balaban J connectivity index is 2.02. The molecule has 0 radical (unpaired) electrons. The van der Waals surface area contributed by atoms with Crippen LogP contribution in [0.3, 0.4) is 0 Å². The zero-order valence-corrected chi connectivity index (χ0v) is 15.5. The number of methoxy groups -OCH3 is 1. The molecule has 8 heteroatoms. The topological polar surface area (TPSA) is 58.6 Å². The number of hydrogen-bond acceptors (Lipinski definition) is 3. The fourth-order valence-corrected chi connectivity index (χ4v) is 2.64. The Morgan fingerprint density at radius 3 is 2.46 bits per heavy atom. The molecule has 150 valence electrons. The van der Waals surface area contributed by atoms with Gasteiger partial charge in [0.15, 0.2) is 0 Å². The van der Waals surface area contributed by atoms with Crippen LogP contribution in [-0.2, 0) is 22.2 Å². The third-order valence-corrected chi connectivity index (χ3v) is 4.09. The summed E-state index contributed by atoms with van der Waals surface area (Å²) in [4.78, 5) is 25.4. The first-order chi connectivity index (χ1) is 13.2. The highest BCUT2D eigenvalue weighted by molar-refractivity contribution is 5.95. The first-order valence-electron chi connectivity index (χ1n) is 8.55. The Hall–Kier alpha value is -3.03. The molecule has 0 unspecified atom stereocenters. The third-order valence-electron chi connectivity index (χ3n) is 4.09. The minimum absolute atomic E-state index is 0.247. The van der Waals surface area contributed by atoms with E-state index < -0.39 is 17.6 Å². The molecule has 1 N–H and O–H groups in total. The number of rotatable bonds is 7. The predicted octanol–water partition coefficient (Wildman–Crippen LogP) is 3.74. The Morgan fingerprint density at radius 2 is 1.82 bits per heavy atom. The van der Waals surface area contributed by atoms with Crippen molar-refractivity contribution in [3.05, 3.63) is 59.7 Å². The highest BCUT2D eigenvalue weighted by Crippen LogP contribution is 2.34. The van der Waals surface area contributed by atoms with Gasteiger partial charge in [0.2, 0.25) is 11.8 Å². The summed E-state index contributed by atoms with van der Waals surface area (Å²) in [6, 6.07) is 12.0. The number of alkyl halides is 3. The maximum Gasteiger partial charge on any atom is 0.418 e. The van der Waals surface area contributed by atoms with Crippen LogP contribution in [0.15, 0.2) is 48.5 Å². The minimum atomic E-state index is -4.59. The lowest BCUT2D eigenvalue weighted by molar-refractivity contribution is -0.137. The van der Waals surface area contributed by atoms with E-state index in [2.05, 4.69) is 5.32 Å².